The fraction of sp³-hybridized carbons (Fsp3) is 0.154. The standard InChI is InChI=1S/C26H23FN4O3/c1-17(2)31(16-24-29-22-8-4-3-7-20(22)26(33)30-24)25(32)12-10-18-9-11-23(21(27)14-18)34-19-6-5-13-28-15-19/h3-15,17H,16H2,1-2H3,(H,29,30,33)/b12-10-. The lowest BCUT2D eigenvalue weighted by Gasteiger charge is -2.25. The third-order valence-electron chi connectivity index (χ3n) is 5.12. The fourth-order valence-corrected chi connectivity index (χ4v) is 3.39. The van der Waals surface area contributed by atoms with E-state index >= 15 is 0 Å². The Labute approximate surface area is 195 Å². The summed E-state index contributed by atoms with van der Waals surface area (Å²) in [6.45, 7) is 3.87. The van der Waals surface area contributed by atoms with Crippen LogP contribution in [0.25, 0.3) is 17.0 Å². The van der Waals surface area contributed by atoms with Gasteiger partial charge in [-0.1, -0.05) is 18.2 Å². The maximum Gasteiger partial charge on any atom is 0.258 e. The number of carbonyl (C=O) groups is 1. The largest absolute Gasteiger partial charge is 0.453 e. The van der Waals surface area contributed by atoms with Crippen molar-refractivity contribution in [1.29, 1.82) is 0 Å². The summed E-state index contributed by atoms with van der Waals surface area (Å²) in [5, 5.41) is 0.492. The number of nitrogens with zero attached hydrogens (tertiary/aromatic N) is 3. The minimum absolute atomic E-state index is 0.0617. The van der Waals surface area contributed by atoms with E-state index in [2.05, 4.69) is 15.0 Å². The second-order valence-corrected chi connectivity index (χ2v) is 7.90. The highest BCUT2D eigenvalue weighted by Gasteiger charge is 2.17. The van der Waals surface area contributed by atoms with E-state index < -0.39 is 5.82 Å². The average Bonchev–Trinajstić information content (AvgIpc) is 2.83. The van der Waals surface area contributed by atoms with Crippen LogP contribution in [0.15, 0.2) is 77.9 Å². The van der Waals surface area contributed by atoms with Gasteiger partial charge in [-0.05, 0) is 61.9 Å². The molecular formula is C26H23FN4O3. The molecule has 0 unspecified atom stereocenters. The van der Waals surface area contributed by atoms with Crippen LogP contribution >= 0.6 is 0 Å². The molecule has 0 atom stereocenters. The zero-order valence-corrected chi connectivity index (χ0v) is 18.7. The van der Waals surface area contributed by atoms with Gasteiger partial charge in [-0.3, -0.25) is 14.6 Å². The number of hydrogen-bond acceptors (Lipinski definition) is 5. The molecule has 7 nitrogen and oxygen atoms in total. The van der Waals surface area contributed by atoms with Crippen molar-refractivity contribution in [1.82, 2.24) is 19.9 Å². The number of rotatable bonds is 7. The first-order valence-electron chi connectivity index (χ1n) is 10.7. The summed E-state index contributed by atoms with van der Waals surface area (Å²) < 4.78 is 20.0. The lowest BCUT2D eigenvalue weighted by atomic mass is 10.2. The Balaban J connectivity index is 1.49. The first-order chi connectivity index (χ1) is 16.4. The lowest BCUT2D eigenvalue weighted by Crippen LogP contribution is -2.36. The van der Waals surface area contributed by atoms with Gasteiger partial charge in [0.25, 0.3) is 5.56 Å². The quantitative estimate of drug-likeness (QED) is 0.406. The van der Waals surface area contributed by atoms with Crippen LogP contribution in [0, 0.1) is 5.82 Å². The molecule has 4 aromatic rings. The van der Waals surface area contributed by atoms with E-state index in [9.17, 15) is 14.0 Å². The summed E-state index contributed by atoms with van der Waals surface area (Å²) in [5.41, 5.74) is 0.818. The fourth-order valence-electron chi connectivity index (χ4n) is 3.39. The number of carbonyl (C=O) groups excluding carboxylic acids is 1. The molecular weight excluding hydrogens is 435 g/mol. The monoisotopic (exact) mass is 458 g/mol. The first kappa shape index (κ1) is 22.8. The summed E-state index contributed by atoms with van der Waals surface area (Å²) in [6, 6.07) is 14.7. The third kappa shape index (κ3) is 5.35. The van der Waals surface area contributed by atoms with Crippen molar-refractivity contribution in [2.45, 2.75) is 26.4 Å². The summed E-state index contributed by atoms with van der Waals surface area (Å²) in [6.07, 6.45) is 5.99. The van der Waals surface area contributed by atoms with Gasteiger partial charge >= 0.3 is 0 Å². The number of nitrogens with one attached hydrogen (secondary N) is 1. The van der Waals surface area contributed by atoms with Crippen LogP contribution in [0.3, 0.4) is 0 Å². The van der Waals surface area contributed by atoms with E-state index in [1.165, 1.54) is 30.5 Å². The SMILES string of the molecule is CC(C)N(Cc1nc2ccccc2c(=O)[nH]1)C(=O)/C=C\c1ccc(Oc2cccnc2)c(F)c1. The third-order valence-corrected chi connectivity index (χ3v) is 5.12. The number of para-hydroxylation sites is 1. The Hall–Kier alpha value is -4.33. The number of aromatic nitrogens is 3. The molecule has 172 valence electrons. The predicted octanol–water partition coefficient (Wildman–Crippen LogP) is 4.70. The zero-order chi connectivity index (χ0) is 24.1. The Bertz CT molecular complexity index is 1400. The molecule has 1 amide bonds. The van der Waals surface area contributed by atoms with E-state index in [1.54, 1.807) is 53.6 Å². The Morgan fingerprint density at radius 3 is 2.74 bits per heavy atom. The molecule has 1 N–H and O–H groups in total. The molecule has 2 heterocycles. The second-order valence-electron chi connectivity index (χ2n) is 7.90. The number of hydrogen-bond donors (Lipinski definition) is 1. The molecule has 2 aromatic carbocycles. The van der Waals surface area contributed by atoms with Crippen LogP contribution in [0.5, 0.6) is 11.5 Å². The van der Waals surface area contributed by atoms with Crippen molar-refractivity contribution in [3.63, 3.8) is 0 Å². The van der Waals surface area contributed by atoms with Crippen molar-refractivity contribution >= 4 is 22.9 Å². The number of amides is 1. The maximum absolute atomic E-state index is 14.5. The van der Waals surface area contributed by atoms with E-state index in [4.69, 9.17) is 4.74 Å². The molecule has 34 heavy (non-hydrogen) atoms. The molecule has 0 aliphatic heterocycles. The molecule has 0 bridgehead atoms. The second kappa shape index (κ2) is 10.1. The molecule has 0 aliphatic rings. The van der Waals surface area contributed by atoms with Gasteiger partial charge in [0.2, 0.25) is 5.91 Å². The summed E-state index contributed by atoms with van der Waals surface area (Å²) in [5.74, 6) is 0.0282. The molecule has 2 aromatic heterocycles. The van der Waals surface area contributed by atoms with Gasteiger partial charge < -0.3 is 14.6 Å². The van der Waals surface area contributed by atoms with Crippen LogP contribution in [0.2, 0.25) is 0 Å². The molecule has 0 fully saturated rings. The Morgan fingerprint density at radius 1 is 1.18 bits per heavy atom. The van der Waals surface area contributed by atoms with Crippen molar-refractivity contribution in [3.05, 3.63) is 101 Å². The van der Waals surface area contributed by atoms with Crippen LogP contribution in [0.4, 0.5) is 4.39 Å². The van der Waals surface area contributed by atoms with Crippen LogP contribution in [0.1, 0.15) is 25.2 Å². The predicted molar refractivity (Wildman–Crippen MR) is 128 cm³/mol. The lowest BCUT2D eigenvalue weighted by molar-refractivity contribution is -0.128. The number of pyridine rings is 1. The highest BCUT2D eigenvalue weighted by Crippen LogP contribution is 2.25. The van der Waals surface area contributed by atoms with Crippen molar-refractivity contribution < 1.29 is 13.9 Å². The smallest absolute Gasteiger partial charge is 0.258 e. The maximum atomic E-state index is 14.5. The van der Waals surface area contributed by atoms with E-state index in [0.29, 0.717) is 28.0 Å². The molecule has 0 radical (unpaired) electrons. The summed E-state index contributed by atoms with van der Waals surface area (Å²) in [4.78, 5) is 38.0. The number of H-pyrrole nitrogens is 1. The van der Waals surface area contributed by atoms with E-state index in [0.717, 1.165) is 0 Å². The summed E-state index contributed by atoms with van der Waals surface area (Å²) >= 11 is 0. The molecule has 0 spiro atoms. The Kier molecular flexibility index (Phi) is 6.77. The molecule has 0 aliphatic carbocycles. The number of fused-ring (bicyclic) bond motifs is 1. The normalized spacial score (nSPS) is 11.3. The summed E-state index contributed by atoms with van der Waals surface area (Å²) in [7, 11) is 0. The topological polar surface area (TPSA) is 88.2 Å². The minimum Gasteiger partial charge on any atom is -0.453 e. The van der Waals surface area contributed by atoms with Crippen molar-refractivity contribution in [2.24, 2.45) is 0 Å². The van der Waals surface area contributed by atoms with Crippen molar-refractivity contribution in [3.8, 4) is 11.5 Å². The van der Waals surface area contributed by atoms with Gasteiger partial charge in [-0.2, -0.15) is 0 Å². The highest BCUT2D eigenvalue weighted by atomic mass is 19.1. The zero-order valence-electron chi connectivity index (χ0n) is 18.7. The van der Waals surface area contributed by atoms with Gasteiger partial charge in [0.05, 0.1) is 23.6 Å². The minimum atomic E-state index is -0.558. The number of halogens is 1. The highest BCUT2D eigenvalue weighted by molar-refractivity contribution is 5.92. The average molecular weight is 458 g/mol. The van der Waals surface area contributed by atoms with Crippen LogP contribution in [-0.4, -0.2) is 31.8 Å². The number of aromatic amines is 1. The Morgan fingerprint density at radius 2 is 2.00 bits per heavy atom. The van der Waals surface area contributed by atoms with Crippen LogP contribution < -0.4 is 10.3 Å². The van der Waals surface area contributed by atoms with Gasteiger partial charge in [-0.25, -0.2) is 9.37 Å². The number of ether oxygens (including phenoxy) is 1. The number of benzene rings is 2. The van der Waals surface area contributed by atoms with Crippen molar-refractivity contribution in [2.75, 3.05) is 0 Å². The molecule has 0 saturated heterocycles. The van der Waals surface area contributed by atoms with Gasteiger partial charge in [0, 0.05) is 18.3 Å². The van der Waals surface area contributed by atoms with E-state index in [1.807, 2.05) is 13.8 Å². The molecule has 0 saturated carbocycles. The first-order valence-corrected chi connectivity index (χ1v) is 10.7. The van der Waals surface area contributed by atoms with Gasteiger partial charge in [0.1, 0.15) is 11.6 Å². The van der Waals surface area contributed by atoms with E-state index in [-0.39, 0.29) is 29.8 Å². The van der Waals surface area contributed by atoms with Gasteiger partial charge in [-0.15, -0.1) is 0 Å². The van der Waals surface area contributed by atoms with Crippen LogP contribution in [-0.2, 0) is 11.3 Å². The molecule has 4 rings (SSSR count). The van der Waals surface area contributed by atoms with Gasteiger partial charge in [0.15, 0.2) is 11.6 Å². The molecule has 8 heteroatoms.